The van der Waals surface area contributed by atoms with Gasteiger partial charge in [-0.25, -0.2) is 9.50 Å². The summed E-state index contributed by atoms with van der Waals surface area (Å²) in [5, 5.41) is 48.1. The zero-order valence-electron chi connectivity index (χ0n) is 11.4. The molecule has 0 aromatic carbocycles. The first-order chi connectivity index (χ1) is 10.6. The lowest BCUT2D eigenvalue weighted by Gasteiger charge is -2.15. The molecule has 0 aliphatic carbocycles. The number of hydrogen-bond acceptors (Lipinski definition) is 9. The summed E-state index contributed by atoms with van der Waals surface area (Å²) in [4.78, 5) is 3.89. The molecule has 0 saturated carbocycles. The molecule has 1 aliphatic rings. The Balaban J connectivity index is 2.14. The smallest absolute Gasteiger partial charge is 0.152 e. The zero-order chi connectivity index (χ0) is 15.9. The highest BCUT2D eigenvalue weighted by Crippen LogP contribution is 2.30. The topological polar surface area (TPSA) is 162 Å². The Kier molecular flexibility index (Phi) is 3.66. The molecule has 3 heterocycles. The van der Waals surface area contributed by atoms with Gasteiger partial charge in [0.25, 0.3) is 0 Å². The molecule has 0 unspecified atom stereocenters. The van der Waals surface area contributed by atoms with E-state index in [1.54, 1.807) is 6.07 Å². The number of nitrogens with one attached hydrogen (secondary N) is 1. The Labute approximate surface area is 124 Å². The molecule has 0 radical (unpaired) electrons. The van der Waals surface area contributed by atoms with Gasteiger partial charge in [-0.1, -0.05) is 5.16 Å². The molecule has 0 bridgehead atoms. The number of oxime groups is 1. The Bertz CT molecular complexity index is 717. The molecule has 0 spiro atoms. The second-order valence-corrected chi connectivity index (χ2v) is 5.09. The summed E-state index contributed by atoms with van der Waals surface area (Å²) in [6.45, 7) is -0.319. The number of fused-ring (bicyclic) bond motifs is 1. The van der Waals surface area contributed by atoms with E-state index in [2.05, 4.69) is 20.6 Å². The Morgan fingerprint density at radius 2 is 2.18 bits per heavy atom. The van der Waals surface area contributed by atoms with Crippen LogP contribution >= 0.6 is 0 Å². The molecule has 1 saturated heterocycles. The van der Waals surface area contributed by atoms with Crippen molar-refractivity contribution in [2.75, 3.05) is 12.3 Å². The van der Waals surface area contributed by atoms with Gasteiger partial charge in [0.15, 0.2) is 5.82 Å². The van der Waals surface area contributed by atoms with Crippen molar-refractivity contribution in [2.24, 2.45) is 5.16 Å². The van der Waals surface area contributed by atoms with Gasteiger partial charge in [0.2, 0.25) is 0 Å². The Morgan fingerprint density at radius 1 is 1.41 bits per heavy atom. The van der Waals surface area contributed by atoms with Crippen molar-refractivity contribution in [1.29, 1.82) is 0 Å². The molecule has 10 heteroatoms. The predicted molar refractivity (Wildman–Crippen MR) is 75.5 cm³/mol. The number of aromatic nitrogens is 3. The van der Waals surface area contributed by atoms with Crippen LogP contribution in [-0.4, -0.2) is 66.2 Å². The number of nitrogens with zero attached hydrogens (tertiary/aromatic N) is 4. The van der Waals surface area contributed by atoms with Gasteiger partial charge in [0.1, 0.15) is 17.9 Å². The summed E-state index contributed by atoms with van der Waals surface area (Å²) in [7, 11) is 0. The highest BCUT2D eigenvalue weighted by atomic mass is 16.4. The largest absolute Gasteiger partial charge is 0.411 e. The summed E-state index contributed by atoms with van der Waals surface area (Å²) in [6, 6.07) is 0.294. The Morgan fingerprint density at radius 3 is 2.82 bits per heavy atom. The van der Waals surface area contributed by atoms with E-state index in [9.17, 15) is 15.3 Å². The van der Waals surface area contributed by atoms with Gasteiger partial charge in [-0.05, 0) is 6.07 Å². The van der Waals surface area contributed by atoms with Crippen LogP contribution in [0, 0.1) is 0 Å². The van der Waals surface area contributed by atoms with E-state index >= 15 is 0 Å². The molecular weight excluding hydrogens is 292 g/mol. The molecule has 1 aliphatic heterocycles. The molecule has 22 heavy (non-hydrogen) atoms. The number of hydrogen-bond donors (Lipinski definition) is 6. The van der Waals surface area contributed by atoms with Crippen LogP contribution in [0.2, 0.25) is 0 Å². The second-order valence-electron chi connectivity index (χ2n) is 5.09. The number of nitrogen functional groups attached to an aromatic ring is 1. The molecule has 4 atom stereocenters. The van der Waals surface area contributed by atoms with Crippen molar-refractivity contribution >= 4 is 17.5 Å². The standard InChI is InChI=1S/C12H16N6O4/c13-12-9-5(2-16-22)1-7(18(9)15-4-14-12)8-11(21)10(20)6(3-19)17-8/h1-2,4,6,8,10-11,17,19-22H,3H2,(H2,13,14,15)/b16-2+/t6-,8+,10-,11+/m1/s1. The van der Waals surface area contributed by atoms with E-state index in [-0.39, 0.29) is 12.4 Å². The quantitative estimate of drug-likeness (QED) is 0.212. The fourth-order valence-corrected chi connectivity index (χ4v) is 2.79. The van der Waals surface area contributed by atoms with Crippen molar-refractivity contribution in [3.8, 4) is 0 Å². The first kappa shape index (κ1) is 14.7. The van der Waals surface area contributed by atoms with Crippen LogP contribution in [-0.2, 0) is 0 Å². The van der Waals surface area contributed by atoms with E-state index < -0.39 is 24.3 Å². The second kappa shape index (κ2) is 5.50. The van der Waals surface area contributed by atoms with Crippen molar-refractivity contribution in [2.45, 2.75) is 24.3 Å². The van der Waals surface area contributed by atoms with E-state index in [0.29, 0.717) is 16.8 Å². The molecule has 0 amide bonds. The van der Waals surface area contributed by atoms with E-state index in [4.69, 9.17) is 10.9 Å². The summed E-state index contributed by atoms with van der Waals surface area (Å²) in [5.74, 6) is 0.183. The monoisotopic (exact) mass is 308 g/mol. The van der Waals surface area contributed by atoms with Crippen molar-refractivity contribution in [3.63, 3.8) is 0 Å². The molecule has 2 aromatic rings. The zero-order valence-corrected chi connectivity index (χ0v) is 11.4. The molecule has 2 aromatic heterocycles. The highest BCUT2D eigenvalue weighted by molar-refractivity contribution is 5.93. The summed E-state index contributed by atoms with van der Waals surface area (Å²) >= 11 is 0. The first-order valence-corrected chi connectivity index (χ1v) is 6.61. The van der Waals surface area contributed by atoms with Crippen LogP contribution in [0.25, 0.3) is 5.52 Å². The summed E-state index contributed by atoms with van der Waals surface area (Å²) < 4.78 is 1.45. The van der Waals surface area contributed by atoms with Crippen LogP contribution < -0.4 is 11.1 Å². The van der Waals surface area contributed by atoms with E-state index in [1.807, 2.05) is 0 Å². The SMILES string of the molecule is Nc1ncnn2c([C@@H]3N[C@H](CO)[C@@H](O)[C@H]3O)cc(/C=N/O)c12. The number of aliphatic hydroxyl groups excluding tert-OH is 3. The number of nitrogens with two attached hydrogens (primary N) is 1. The minimum atomic E-state index is -1.13. The minimum absolute atomic E-state index is 0.183. The third kappa shape index (κ3) is 2.09. The average Bonchev–Trinajstić information content (AvgIpc) is 3.00. The van der Waals surface area contributed by atoms with Gasteiger partial charge >= 0.3 is 0 Å². The maximum absolute atomic E-state index is 10.2. The van der Waals surface area contributed by atoms with Gasteiger partial charge in [-0.15, -0.1) is 0 Å². The minimum Gasteiger partial charge on any atom is -0.411 e. The summed E-state index contributed by atoms with van der Waals surface area (Å²) in [6.07, 6.45) is 0.187. The van der Waals surface area contributed by atoms with Crippen LogP contribution in [0.3, 0.4) is 0 Å². The van der Waals surface area contributed by atoms with Crippen LogP contribution in [0.1, 0.15) is 17.3 Å². The molecule has 3 rings (SSSR count). The Hall–Kier alpha value is -2.27. The fourth-order valence-electron chi connectivity index (χ4n) is 2.79. The number of rotatable bonds is 3. The van der Waals surface area contributed by atoms with Gasteiger partial charge < -0.3 is 26.3 Å². The number of aliphatic hydroxyl groups is 3. The maximum atomic E-state index is 10.2. The van der Waals surface area contributed by atoms with Crippen molar-refractivity contribution in [1.82, 2.24) is 19.9 Å². The van der Waals surface area contributed by atoms with E-state index in [0.717, 1.165) is 0 Å². The van der Waals surface area contributed by atoms with Crippen LogP contribution in [0.15, 0.2) is 17.5 Å². The molecule has 1 fully saturated rings. The lowest BCUT2D eigenvalue weighted by atomic mass is 10.1. The summed E-state index contributed by atoms with van der Waals surface area (Å²) in [5.41, 5.74) is 7.22. The van der Waals surface area contributed by atoms with Crippen LogP contribution in [0.4, 0.5) is 5.82 Å². The highest BCUT2D eigenvalue weighted by Gasteiger charge is 2.42. The molecule has 10 nitrogen and oxygen atoms in total. The maximum Gasteiger partial charge on any atom is 0.152 e. The van der Waals surface area contributed by atoms with Gasteiger partial charge in [0, 0.05) is 5.56 Å². The fraction of sp³-hybridized carbons (Fsp3) is 0.417. The van der Waals surface area contributed by atoms with Crippen molar-refractivity contribution < 1.29 is 20.5 Å². The van der Waals surface area contributed by atoms with Crippen LogP contribution in [0.5, 0.6) is 0 Å². The molecule has 7 N–H and O–H groups in total. The van der Waals surface area contributed by atoms with E-state index in [1.165, 1.54) is 17.1 Å². The molecular formula is C12H16N6O4. The van der Waals surface area contributed by atoms with Gasteiger partial charge in [0.05, 0.1) is 36.7 Å². The average molecular weight is 308 g/mol. The predicted octanol–water partition coefficient (Wildman–Crippen LogP) is -2.15. The number of anilines is 1. The van der Waals surface area contributed by atoms with Crippen molar-refractivity contribution in [3.05, 3.63) is 23.7 Å². The molecule has 118 valence electrons. The normalized spacial score (nSPS) is 28.9. The van der Waals surface area contributed by atoms with Gasteiger partial charge in [-0.2, -0.15) is 5.10 Å². The van der Waals surface area contributed by atoms with Gasteiger partial charge in [-0.3, -0.25) is 5.32 Å². The lowest BCUT2D eigenvalue weighted by Crippen LogP contribution is -2.35. The third-order valence-corrected chi connectivity index (χ3v) is 3.85. The lowest BCUT2D eigenvalue weighted by molar-refractivity contribution is 0.0189. The first-order valence-electron chi connectivity index (χ1n) is 6.61. The third-order valence-electron chi connectivity index (χ3n) is 3.85.